The third-order valence-corrected chi connectivity index (χ3v) is 21.7. The van der Waals surface area contributed by atoms with Gasteiger partial charge < -0.3 is 66.5 Å². The number of β-amino-alcohol motifs (C(OH)–C–C–N with tert-alkyl or cyclic N) is 1. The van der Waals surface area contributed by atoms with Crippen molar-refractivity contribution >= 4 is 28.0 Å². The Morgan fingerprint density at radius 2 is 1.58 bits per heavy atom. The largest absolute Gasteiger partial charge is 0.508 e. The molecule has 0 radical (unpaired) electrons. The van der Waals surface area contributed by atoms with Crippen molar-refractivity contribution in [2.75, 3.05) is 38.7 Å². The van der Waals surface area contributed by atoms with Gasteiger partial charge in [0.1, 0.15) is 17.3 Å². The minimum atomic E-state index is -1.92. The number of hydrogen-bond donors (Lipinski definition) is 12. The van der Waals surface area contributed by atoms with Crippen LogP contribution in [0.15, 0.2) is 121 Å². The number of ether oxygens (including phenoxy) is 1. The number of phenols is 3. The van der Waals surface area contributed by atoms with E-state index in [0.29, 0.717) is 91.7 Å². The molecular weight excluding hydrogens is 1170 g/mol. The summed E-state index contributed by atoms with van der Waals surface area (Å²) < 4.78 is 5.70. The number of phenolic OH excluding ortho intramolecular Hbond substituents is 2. The number of aromatic hydroxyl groups is 3. The summed E-state index contributed by atoms with van der Waals surface area (Å²) in [6.45, 7) is 7.63. The first-order valence-electron chi connectivity index (χ1n) is 34.2. The molecule has 12 N–H and O–H groups in total. The van der Waals surface area contributed by atoms with Crippen LogP contribution < -0.4 is 20.7 Å². The quantitative estimate of drug-likeness (QED) is 0.0426. The second-order valence-corrected chi connectivity index (χ2v) is 27.7. The third kappa shape index (κ3) is 15.2. The number of dihydropyridines is 1. The van der Waals surface area contributed by atoms with E-state index in [2.05, 4.69) is 90.0 Å². The summed E-state index contributed by atoms with van der Waals surface area (Å²) in [5.41, 5.74) is 9.40. The Labute approximate surface area is 547 Å². The van der Waals surface area contributed by atoms with Gasteiger partial charge in [0.25, 0.3) is 0 Å². The van der Waals surface area contributed by atoms with Crippen molar-refractivity contribution in [3.63, 3.8) is 0 Å². The summed E-state index contributed by atoms with van der Waals surface area (Å²) in [4.78, 5) is 33.8. The van der Waals surface area contributed by atoms with Crippen molar-refractivity contribution in [1.29, 1.82) is 0 Å². The molecule has 11 rings (SSSR count). The number of methoxy groups -OCH3 is 1. The number of aliphatic hydroxyl groups excluding tert-OH is 5. The van der Waals surface area contributed by atoms with E-state index >= 15 is 4.79 Å². The molecule has 14 atom stereocenters. The zero-order valence-electron chi connectivity index (χ0n) is 54.4. The fraction of sp³-hybridized carbons (Fsp3) is 0.487. The van der Waals surface area contributed by atoms with Crippen LogP contribution in [0.25, 0.3) is 10.8 Å². The van der Waals surface area contributed by atoms with Crippen LogP contribution in [0.2, 0.25) is 0 Å². The van der Waals surface area contributed by atoms with Crippen molar-refractivity contribution in [1.82, 2.24) is 15.6 Å². The predicted octanol–water partition coefficient (Wildman–Crippen LogP) is 11.3. The second-order valence-electron chi connectivity index (χ2n) is 27.7. The number of H-pyrrole nitrogens is 1. The number of ketones is 2. The molecule has 2 aliphatic heterocycles. The summed E-state index contributed by atoms with van der Waals surface area (Å²) >= 11 is 0. The van der Waals surface area contributed by atoms with Crippen molar-refractivity contribution in [2.24, 2.45) is 47.3 Å². The molecule has 0 amide bonds. The van der Waals surface area contributed by atoms with Gasteiger partial charge in [-0.15, -0.1) is 0 Å². The number of fused-ring (bicyclic) bond motifs is 9. The van der Waals surface area contributed by atoms with E-state index in [1.807, 2.05) is 54.7 Å². The van der Waals surface area contributed by atoms with Gasteiger partial charge in [0.05, 0.1) is 31.8 Å². The first-order valence-corrected chi connectivity index (χ1v) is 34.2. The Morgan fingerprint density at radius 3 is 2.37 bits per heavy atom. The smallest absolute Gasteiger partial charge is 0.173 e. The van der Waals surface area contributed by atoms with Gasteiger partial charge in [-0.05, 0) is 210 Å². The zero-order valence-corrected chi connectivity index (χ0v) is 54.4. The van der Waals surface area contributed by atoms with E-state index < -0.39 is 47.6 Å². The van der Waals surface area contributed by atoms with Crippen molar-refractivity contribution in [3.05, 3.63) is 171 Å². The van der Waals surface area contributed by atoms with Gasteiger partial charge in [0.15, 0.2) is 29.2 Å². The molecule has 15 nitrogen and oxygen atoms in total. The standard InChI is InChI=1S/C78H96N4O11/c1-5-10-63-56-32-55(61(14-9-28-83)53-26-27-80-75(37-53)82-58-23-20-47-16-19-54(76(90)68(47)38-58)34-60(85)43-79-41-46(3)57-33-59(81-42-57)39-72(63)88)31-51-21-24-65(66-40-73(89)74(93-4)36-52(66)22-25-71(87)78(92)77(91)67(51)35-56)64-13-7-6-12-62(64)50-18-17-48(45(2)29-50)30-49-11-8-15-70(86)69(49)44-84/h6-8,11-13,15-16,19-20,23,26,33,36-38,40,42,45-46,48,50-51,55-56,60-61,63,65,67,72,78-86,88-90,92H,5,9-10,14,17-18,22,25,27-32,34-35,39,41,43-44H2,1-4H3. The molecule has 2 fully saturated rings. The average molecular weight is 1270 g/mol. The summed E-state index contributed by atoms with van der Waals surface area (Å²) in [5, 5.41) is 104. The van der Waals surface area contributed by atoms with Crippen LogP contribution in [0.3, 0.4) is 0 Å². The maximum Gasteiger partial charge on any atom is 0.173 e. The molecule has 5 aromatic carbocycles. The third-order valence-electron chi connectivity index (χ3n) is 21.7. The highest BCUT2D eigenvalue weighted by Crippen LogP contribution is 2.50. The highest BCUT2D eigenvalue weighted by atomic mass is 16.5. The Bertz CT molecular complexity index is 3750. The summed E-state index contributed by atoms with van der Waals surface area (Å²) in [5.74, 6) is 5.27. The number of nitrogens with one attached hydrogen (secondary N) is 4. The van der Waals surface area contributed by atoms with Gasteiger partial charge in [0.2, 0.25) is 0 Å². The fourth-order valence-electron chi connectivity index (χ4n) is 16.6. The van der Waals surface area contributed by atoms with Crippen LogP contribution in [0.1, 0.15) is 159 Å². The molecule has 5 aliphatic rings. The average Bonchev–Trinajstić information content (AvgIpc) is 1.59. The van der Waals surface area contributed by atoms with E-state index in [-0.39, 0.29) is 103 Å². The molecule has 1 aromatic heterocycles. The number of hydrogen-bond acceptors (Lipinski definition) is 14. The number of carbonyl (C=O) groups excluding carboxylic acids is 2. The van der Waals surface area contributed by atoms with Gasteiger partial charge in [-0.25, -0.2) is 0 Å². The van der Waals surface area contributed by atoms with Gasteiger partial charge >= 0.3 is 0 Å². The lowest BCUT2D eigenvalue weighted by Gasteiger charge is -2.36. The molecule has 3 heterocycles. The normalized spacial score (nSPS) is 28.2. The molecule has 9 bridgehead atoms. The first kappa shape index (κ1) is 67.0. The highest BCUT2D eigenvalue weighted by Gasteiger charge is 2.45. The van der Waals surface area contributed by atoms with Crippen LogP contribution >= 0.6 is 0 Å². The lowest BCUT2D eigenvalue weighted by molar-refractivity contribution is -0.142. The number of carbonyl (C=O) groups is 2. The molecule has 2 saturated carbocycles. The lowest BCUT2D eigenvalue weighted by atomic mass is 9.68. The first-order chi connectivity index (χ1) is 45.0. The molecule has 0 spiro atoms. The summed E-state index contributed by atoms with van der Waals surface area (Å²) in [6.07, 6.45) is 10.5. The van der Waals surface area contributed by atoms with Gasteiger partial charge in [0, 0.05) is 85.9 Å². The van der Waals surface area contributed by atoms with Crippen molar-refractivity contribution < 1.29 is 55.2 Å². The molecule has 14 unspecified atom stereocenters. The number of allylic oxidation sites excluding steroid dienone is 2. The van der Waals surface area contributed by atoms with E-state index in [4.69, 9.17) is 4.74 Å². The van der Waals surface area contributed by atoms with Crippen molar-refractivity contribution in [3.8, 4) is 34.8 Å². The summed E-state index contributed by atoms with van der Waals surface area (Å²) in [7, 11) is 1.48. The molecule has 93 heavy (non-hydrogen) atoms. The maximum absolute atomic E-state index is 15.6. The molecule has 0 saturated heterocycles. The monoisotopic (exact) mass is 1260 g/mol. The lowest BCUT2D eigenvalue weighted by Crippen LogP contribution is -2.40. The van der Waals surface area contributed by atoms with Crippen molar-refractivity contribution in [2.45, 2.75) is 160 Å². The number of aliphatic hydroxyl groups is 5. The van der Waals surface area contributed by atoms with Crippen LogP contribution in [-0.4, -0.2) is 109 Å². The van der Waals surface area contributed by atoms with Crippen LogP contribution in [0, 0.1) is 59.2 Å². The number of rotatable bonds is 11. The Morgan fingerprint density at radius 1 is 0.763 bits per heavy atom. The number of aromatic nitrogens is 1. The van der Waals surface area contributed by atoms with E-state index in [1.165, 1.54) is 7.11 Å². The van der Waals surface area contributed by atoms with Gasteiger partial charge in [-0.3, -0.25) is 9.59 Å². The second kappa shape index (κ2) is 30.3. The van der Waals surface area contributed by atoms with Crippen LogP contribution in [0.4, 0.5) is 5.69 Å². The highest BCUT2D eigenvalue weighted by molar-refractivity contribution is 6.06. The minimum Gasteiger partial charge on any atom is -0.508 e. The van der Waals surface area contributed by atoms with Crippen LogP contribution in [-0.2, 0) is 41.9 Å². The Balaban J connectivity index is 1.04. The maximum atomic E-state index is 15.6. The molecule has 3 aliphatic carbocycles. The fourth-order valence-corrected chi connectivity index (χ4v) is 16.6. The van der Waals surface area contributed by atoms with E-state index in [0.717, 1.165) is 82.5 Å². The Hall–Kier alpha value is -7.42. The van der Waals surface area contributed by atoms with Gasteiger partial charge in [-0.1, -0.05) is 99.7 Å². The van der Waals surface area contributed by atoms with E-state index in [1.54, 1.807) is 18.2 Å². The van der Waals surface area contributed by atoms with Gasteiger partial charge in [-0.2, -0.15) is 0 Å². The molecule has 15 heteroatoms. The number of Topliss-reactive ketones (excluding diaryl/α,β-unsaturated/α-hetero) is 2. The molecular formula is C78H96N4O11. The zero-order chi connectivity index (χ0) is 65.4. The topological polar surface area (TPSA) is 257 Å². The number of aryl methyl sites for hydroxylation is 1. The van der Waals surface area contributed by atoms with Crippen LogP contribution in [0.5, 0.6) is 23.0 Å². The Kier molecular flexibility index (Phi) is 21.9. The predicted molar refractivity (Wildman–Crippen MR) is 363 cm³/mol. The molecule has 6 aromatic rings. The van der Waals surface area contributed by atoms with E-state index in [9.17, 15) is 45.6 Å². The summed E-state index contributed by atoms with van der Waals surface area (Å²) in [6, 6.07) is 29.1. The number of anilines is 1. The SMILES string of the molecule is CCCC1C(O)Cc2cc(c[nH]2)C(C)CNCC(O)Cc2ccc3ccc(cc3c2O)NC2=CC(=CCN2)C(CCCO)C2CC3C#CC(c4ccccc4C4CCC(Cc5cccc(O)c5CO)C(C)C4)c4cc(O)c(OC)cc4CCC(=O)C(O)C(=O)C3CC1C2. The number of benzene rings is 5. The number of aromatic amines is 1. The molecule has 494 valence electrons. The minimum absolute atomic E-state index is 0.0456.